The Kier molecular flexibility index (Phi) is 3.65. The fourth-order valence-corrected chi connectivity index (χ4v) is 1.30. The Hall–Kier alpha value is -2.04. The van der Waals surface area contributed by atoms with Crippen LogP contribution in [0.15, 0.2) is 23.3 Å². The van der Waals surface area contributed by atoms with Crippen LogP contribution < -0.4 is 0 Å². The van der Waals surface area contributed by atoms with Crippen molar-refractivity contribution in [3.63, 3.8) is 0 Å². The molecule has 0 aliphatic heterocycles. The minimum Gasteiger partial charge on any atom is -0.450 e. The molecular weight excluding hydrogens is 263 g/mol. The summed E-state index contributed by atoms with van der Waals surface area (Å²) in [5.74, 6) is -12.3. The van der Waals surface area contributed by atoms with Gasteiger partial charge in [0, 0.05) is 0 Å². The molecule has 1 rings (SSSR count). The summed E-state index contributed by atoms with van der Waals surface area (Å²) in [6.07, 6.45) is -2.33. The predicted octanol–water partition coefficient (Wildman–Crippen LogP) is 3.30. The van der Waals surface area contributed by atoms with Crippen molar-refractivity contribution < 1.29 is 36.6 Å². The number of halogens is 5. The Bertz CT molecular complexity index is 513. The van der Waals surface area contributed by atoms with Crippen LogP contribution in [0.3, 0.4) is 0 Å². The number of hydrogen-bond acceptors (Lipinski definition) is 2. The summed E-state index contributed by atoms with van der Waals surface area (Å²) in [4.78, 5) is 10.2. The first-order valence-corrected chi connectivity index (χ1v) is 4.40. The zero-order valence-corrected chi connectivity index (χ0v) is 8.73. The third-order valence-electron chi connectivity index (χ3n) is 2.04. The average Bonchev–Trinajstić information content (AvgIpc) is 2.29. The molecule has 0 saturated carbocycles. The molecule has 0 bridgehead atoms. The highest BCUT2D eigenvalue weighted by Crippen LogP contribution is 2.47. The minimum absolute atomic E-state index is 1.08. The average molecular weight is 268 g/mol. The Balaban J connectivity index is 3.45. The van der Waals surface area contributed by atoms with Crippen LogP contribution in [0.2, 0.25) is 0 Å². The van der Waals surface area contributed by atoms with Crippen molar-refractivity contribution in [2.75, 3.05) is 0 Å². The highest BCUT2D eigenvalue weighted by molar-refractivity contribution is 5.59. The number of ether oxygens (including phenoxy) is 1. The van der Waals surface area contributed by atoms with Crippen molar-refractivity contribution >= 4 is 6.16 Å². The second-order valence-corrected chi connectivity index (χ2v) is 3.13. The maximum absolute atomic E-state index is 13.9. The highest BCUT2D eigenvalue weighted by Gasteiger charge is 2.56. The molecule has 0 heterocycles. The van der Waals surface area contributed by atoms with Gasteiger partial charge in [0.15, 0.2) is 23.4 Å². The molecule has 1 aliphatic carbocycles. The topological polar surface area (TPSA) is 46.5 Å². The van der Waals surface area contributed by atoms with E-state index in [-0.39, 0.29) is 0 Å². The Morgan fingerprint density at radius 2 is 1.89 bits per heavy atom. The van der Waals surface area contributed by atoms with E-state index in [1.54, 1.807) is 5.92 Å². The van der Waals surface area contributed by atoms with Crippen LogP contribution in [0.1, 0.15) is 6.92 Å². The van der Waals surface area contributed by atoms with Gasteiger partial charge in [-0.2, -0.15) is 4.39 Å². The minimum atomic E-state index is -4.06. The molecule has 18 heavy (non-hydrogen) atoms. The number of carbonyl (C=O) groups is 1. The molecule has 98 valence electrons. The Morgan fingerprint density at radius 3 is 2.33 bits per heavy atom. The van der Waals surface area contributed by atoms with Crippen LogP contribution in [0.5, 0.6) is 0 Å². The number of rotatable bonds is 1. The van der Waals surface area contributed by atoms with E-state index in [0.717, 1.165) is 6.92 Å². The molecule has 0 spiro atoms. The van der Waals surface area contributed by atoms with Crippen LogP contribution in [-0.2, 0) is 4.74 Å². The van der Waals surface area contributed by atoms with E-state index >= 15 is 0 Å². The first kappa shape index (κ1) is 14.0. The molecule has 8 heteroatoms. The lowest BCUT2D eigenvalue weighted by molar-refractivity contribution is -0.122. The Morgan fingerprint density at radius 1 is 1.33 bits per heavy atom. The number of allylic oxidation sites excluding steroid dienone is 2. The third-order valence-corrected chi connectivity index (χ3v) is 2.04. The van der Waals surface area contributed by atoms with Crippen molar-refractivity contribution in [3.8, 4) is 11.8 Å². The summed E-state index contributed by atoms with van der Waals surface area (Å²) in [6, 6.07) is 0. The van der Waals surface area contributed by atoms with Gasteiger partial charge in [-0.25, -0.2) is 22.4 Å². The maximum Gasteiger partial charge on any atom is 0.508 e. The molecule has 3 nitrogen and oxygen atoms in total. The molecule has 0 aromatic rings. The molecule has 0 amide bonds. The van der Waals surface area contributed by atoms with Crippen LogP contribution >= 0.6 is 0 Å². The van der Waals surface area contributed by atoms with Gasteiger partial charge in [0.25, 0.3) is 0 Å². The number of carboxylic acid groups (broad SMARTS) is 1. The normalized spacial score (nSPS) is 27.8. The first-order chi connectivity index (χ1) is 8.25. The summed E-state index contributed by atoms with van der Waals surface area (Å²) in [5.41, 5.74) is 0. The van der Waals surface area contributed by atoms with Crippen LogP contribution in [0.4, 0.5) is 26.7 Å². The fourth-order valence-electron chi connectivity index (χ4n) is 1.30. The lowest BCUT2D eigenvalue weighted by atomic mass is 9.92. The van der Waals surface area contributed by atoms with Gasteiger partial charge < -0.3 is 9.84 Å². The van der Waals surface area contributed by atoms with Crippen LogP contribution in [-0.4, -0.2) is 17.1 Å². The van der Waals surface area contributed by atoms with Crippen molar-refractivity contribution in [1.82, 2.24) is 0 Å². The van der Waals surface area contributed by atoms with E-state index in [1.165, 1.54) is 0 Å². The monoisotopic (exact) mass is 268 g/mol. The molecule has 2 atom stereocenters. The van der Waals surface area contributed by atoms with E-state index in [2.05, 4.69) is 4.74 Å². The van der Waals surface area contributed by atoms with Gasteiger partial charge in [-0.1, -0.05) is 5.92 Å². The molecule has 2 unspecified atom stereocenters. The molecule has 0 fully saturated rings. The predicted molar refractivity (Wildman–Crippen MR) is 48.4 cm³/mol. The summed E-state index contributed by atoms with van der Waals surface area (Å²) < 4.78 is 69.6. The quantitative estimate of drug-likeness (QED) is 0.451. The van der Waals surface area contributed by atoms with E-state index in [1.807, 2.05) is 5.92 Å². The van der Waals surface area contributed by atoms with Gasteiger partial charge in [0.05, 0.1) is 0 Å². The van der Waals surface area contributed by atoms with E-state index in [0.29, 0.717) is 0 Å². The maximum atomic E-state index is 13.9. The second kappa shape index (κ2) is 4.68. The SMILES string of the molecule is CC#CC1C(F)=C(F)C(F)=C(F)C1(F)OC(=O)O. The lowest BCUT2D eigenvalue weighted by Gasteiger charge is -2.29. The van der Waals surface area contributed by atoms with Crippen molar-refractivity contribution in [1.29, 1.82) is 0 Å². The zero-order chi connectivity index (χ0) is 14.1. The van der Waals surface area contributed by atoms with Gasteiger partial charge in [0.1, 0.15) is 0 Å². The van der Waals surface area contributed by atoms with E-state index in [9.17, 15) is 26.7 Å². The zero-order valence-electron chi connectivity index (χ0n) is 8.73. The third kappa shape index (κ3) is 2.03. The van der Waals surface area contributed by atoms with Gasteiger partial charge in [0.2, 0.25) is 5.83 Å². The lowest BCUT2D eigenvalue weighted by Crippen LogP contribution is -2.41. The molecular formula is C10H5F5O3. The van der Waals surface area contributed by atoms with Crippen molar-refractivity contribution in [3.05, 3.63) is 23.3 Å². The van der Waals surface area contributed by atoms with Crippen LogP contribution in [0.25, 0.3) is 0 Å². The first-order valence-electron chi connectivity index (χ1n) is 4.40. The molecule has 1 aliphatic rings. The number of alkyl halides is 1. The molecule has 1 N–H and O–H groups in total. The summed E-state index contributed by atoms with van der Waals surface area (Å²) >= 11 is 0. The fraction of sp³-hybridized carbons (Fsp3) is 0.300. The second-order valence-electron chi connectivity index (χ2n) is 3.13. The highest BCUT2D eigenvalue weighted by atomic mass is 19.2. The number of hydrogen-bond donors (Lipinski definition) is 1. The van der Waals surface area contributed by atoms with Gasteiger partial charge in [-0.15, -0.1) is 5.92 Å². The molecule has 0 aromatic heterocycles. The van der Waals surface area contributed by atoms with Gasteiger partial charge in [-0.3, -0.25) is 0 Å². The Labute approximate surface area is 97.5 Å². The van der Waals surface area contributed by atoms with E-state index < -0.39 is 41.2 Å². The van der Waals surface area contributed by atoms with Gasteiger partial charge in [-0.05, 0) is 6.92 Å². The smallest absolute Gasteiger partial charge is 0.450 e. The molecule has 0 saturated heterocycles. The van der Waals surface area contributed by atoms with Crippen LogP contribution in [0, 0.1) is 17.8 Å². The largest absolute Gasteiger partial charge is 0.508 e. The summed E-state index contributed by atoms with van der Waals surface area (Å²) in [7, 11) is 0. The standard InChI is InChI=1S/C10H5F5O3/c1-2-3-4-5(11)6(12)7(13)8(14)10(4,15)18-9(16)17/h4H,1H3,(H,16,17). The van der Waals surface area contributed by atoms with Crippen molar-refractivity contribution in [2.24, 2.45) is 5.92 Å². The van der Waals surface area contributed by atoms with Crippen molar-refractivity contribution in [2.45, 2.75) is 12.8 Å². The van der Waals surface area contributed by atoms with E-state index in [4.69, 9.17) is 5.11 Å². The summed E-state index contributed by atoms with van der Waals surface area (Å²) in [5, 5.41) is 8.22. The summed E-state index contributed by atoms with van der Waals surface area (Å²) in [6.45, 7) is 1.08. The molecule has 0 aromatic carbocycles. The van der Waals surface area contributed by atoms with Gasteiger partial charge >= 0.3 is 12.0 Å². The molecule has 0 radical (unpaired) electrons.